The Morgan fingerprint density at radius 1 is 0.787 bits per heavy atom. The minimum atomic E-state index is -2.57. The lowest BCUT2D eigenvalue weighted by Gasteiger charge is -2.47. The van der Waals surface area contributed by atoms with E-state index in [4.69, 9.17) is 47.4 Å². The van der Waals surface area contributed by atoms with Gasteiger partial charge in [0, 0.05) is 72.8 Å². The minimum Gasteiger partial charge on any atom is -0.456 e. The number of rotatable bonds is 11. The number of hydrogen-bond acceptors (Lipinski definition) is 19. The molecule has 4 aliphatic heterocycles. The van der Waals surface area contributed by atoms with E-state index in [1.807, 2.05) is 32.9 Å². The first-order valence-electron chi connectivity index (χ1n) is 26.8. The highest BCUT2D eigenvalue weighted by Crippen LogP contribution is 2.40. The molecule has 4 fully saturated rings. The van der Waals surface area contributed by atoms with Gasteiger partial charge >= 0.3 is 23.9 Å². The van der Waals surface area contributed by atoms with Gasteiger partial charge in [-0.1, -0.05) is 45.4 Å². The number of aliphatic hydroxyl groups is 2. The number of amides is 1. The number of allylic oxidation sites excluding steroid dienone is 3. The Morgan fingerprint density at radius 3 is 2.01 bits per heavy atom. The van der Waals surface area contributed by atoms with E-state index >= 15 is 0 Å². The number of Topliss-reactive ketones (excluding diaryl/α,β-unsaturated/α-hetero) is 2. The van der Waals surface area contributed by atoms with Crippen molar-refractivity contribution < 1.29 is 91.1 Å². The first-order chi connectivity index (χ1) is 35.4. The lowest BCUT2D eigenvalue weighted by molar-refractivity contribution is -0.318. The van der Waals surface area contributed by atoms with Crippen molar-refractivity contribution in [3.8, 4) is 0 Å². The number of ether oxygens (including phenoxy) is 10. The first kappa shape index (κ1) is 61.7. The molecule has 75 heavy (non-hydrogen) atoms. The molecule has 0 spiro atoms. The van der Waals surface area contributed by atoms with Crippen LogP contribution < -0.4 is 0 Å². The molecule has 424 valence electrons. The van der Waals surface area contributed by atoms with E-state index in [9.17, 15) is 43.8 Å². The monoisotopic (exact) mass is 1060 g/mol. The summed E-state index contributed by atoms with van der Waals surface area (Å²) in [5.74, 6) is -10.4. The van der Waals surface area contributed by atoms with Gasteiger partial charge in [-0.3, -0.25) is 28.8 Å². The van der Waals surface area contributed by atoms with Crippen LogP contribution in [0.5, 0.6) is 0 Å². The van der Waals surface area contributed by atoms with Crippen LogP contribution in [-0.2, 0) is 80.9 Å². The molecule has 1 saturated carbocycles. The number of carbonyl (C=O) groups is 7. The Labute approximate surface area is 442 Å². The standard InChI is InChI=1S/C55H85NO19/c1-14-38-22-28(2)21-29(3)23-44(67-12)48-45(68-13)25-31(5)55(65,75-48)51(62)52(63)56-20-16-15-17-39(56)53(64)74-46(32(6)40(60)27-41(38)61)30(4)24-37-18-19-42(43(26-37)66-11)73-54-50(72-36(10)59)49(71-35(9)58)47(33(7)69-54)70-34(8)57/h22,24,29,31-33,37-40,42-50,54,60,65H,14-21,23,25-27H2,1-13H3/b28-22+,30-24+/t29-,31+,32+,33-,37-,38+,39-,40-,42+,43+,44-,45-,46+,47-,48+,49+,50+,54-,55+/m0/s1. The zero-order chi connectivity index (χ0) is 55.6. The van der Waals surface area contributed by atoms with Crippen molar-refractivity contribution in [3.63, 3.8) is 0 Å². The van der Waals surface area contributed by atoms with Gasteiger partial charge in [-0.25, -0.2) is 4.79 Å². The molecule has 19 atom stereocenters. The third-order valence-corrected chi connectivity index (χ3v) is 15.8. The molecule has 0 aromatic carbocycles. The van der Waals surface area contributed by atoms with Gasteiger partial charge in [0.2, 0.25) is 5.79 Å². The van der Waals surface area contributed by atoms with Crippen molar-refractivity contribution in [2.75, 3.05) is 27.9 Å². The number of nitrogens with zero attached hydrogens (tertiary/aromatic N) is 1. The Bertz CT molecular complexity index is 2080. The van der Waals surface area contributed by atoms with Crippen LogP contribution >= 0.6 is 0 Å². The lowest BCUT2D eigenvalue weighted by atomic mass is 9.81. The SMILES string of the molecule is CC[C@@H]1/C=C(\C)C[C@H](C)C[C@H](OC)[C@H]2O[C@@](O)(C(=O)C(=O)N3CCCC[C@H]3C(=O)O[C@H](/C(C)=C/[C@@H]3CC[C@@H](O[C@@H]4O[C@@H](C)[C@H](OC(C)=O)[C@@H](OC(C)=O)[C@H]4OC(C)=O)[C@H](OC)C3)[C@H](C)[C@@H](O)CC1=O)[C@H](C)C[C@@H]2OC. The number of hydrogen-bond donors (Lipinski definition) is 2. The fraction of sp³-hybridized carbons (Fsp3) is 0.800. The summed E-state index contributed by atoms with van der Waals surface area (Å²) >= 11 is 0. The number of piperidine rings is 1. The Balaban J connectivity index is 1.47. The number of esters is 4. The molecule has 0 radical (unpaired) electrons. The molecule has 0 unspecified atom stereocenters. The average Bonchev–Trinajstić information content (AvgIpc) is 3.35. The van der Waals surface area contributed by atoms with Crippen molar-refractivity contribution in [1.29, 1.82) is 0 Å². The number of cyclic esters (lactones) is 1. The Hall–Kier alpha value is -4.15. The lowest BCUT2D eigenvalue weighted by Crippen LogP contribution is -2.64. The molecular formula is C55H85NO19. The number of aliphatic hydroxyl groups excluding tert-OH is 1. The summed E-state index contributed by atoms with van der Waals surface area (Å²) in [6.45, 7) is 16.2. The predicted octanol–water partition coefficient (Wildman–Crippen LogP) is 5.04. The molecule has 5 aliphatic rings. The van der Waals surface area contributed by atoms with Crippen LogP contribution in [0.1, 0.15) is 140 Å². The van der Waals surface area contributed by atoms with Gasteiger partial charge in [0.15, 0.2) is 24.6 Å². The average molecular weight is 1060 g/mol. The van der Waals surface area contributed by atoms with Gasteiger partial charge in [-0.2, -0.15) is 0 Å². The summed E-state index contributed by atoms with van der Waals surface area (Å²) in [4.78, 5) is 95.5. The molecule has 3 saturated heterocycles. The molecule has 5 rings (SSSR count). The fourth-order valence-corrected chi connectivity index (χ4v) is 11.8. The quantitative estimate of drug-likeness (QED) is 0.119. The van der Waals surface area contributed by atoms with Crippen LogP contribution in [-0.4, -0.2) is 170 Å². The Morgan fingerprint density at radius 2 is 1.40 bits per heavy atom. The zero-order valence-corrected chi connectivity index (χ0v) is 46.3. The van der Waals surface area contributed by atoms with E-state index in [2.05, 4.69) is 0 Å². The zero-order valence-electron chi connectivity index (χ0n) is 46.3. The van der Waals surface area contributed by atoms with E-state index in [1.165, 1.54) is 42.1 Å². The second-order valence-corrected chi connectivity index (χ2v) is 21.7. The van der Waals surface area contributed by atoms with Crippen molar-refractivity contribution in [1.82, 2.24) is 4.90 Å². The number of fused-ring (bicyclic) bond motifs is 3. The summed E-state index contributed by atoms with van der Waals surface area (Å²) in [5.41, 5.74) is 1.51. The van der Waals surface area contributed by atoms with Crippen LogP contribution in [0, 0.1) is 29.6 Å². The Kier molecular flexibility index (Phi) is 22.6. The van der Waals surface area contributed by atoms with Crippen molar-refractivity contribution in [2.45, 2.75) is 225 Å². The molecule has 1 aliphatic carbocycles. The van der Waals surface area contributed by atoms with Crippen LogP contribution in [0.15, 0.2) is 23.3 Å². The van der Waals surface area contributed by atoms with Gasteiger partial charge < -0.3 is 62.5 Å². The topological polar surface area (TPSA) is 255 Å². The van der Waals surface area contributed by atoms with Gasteiger partial charge in [0.05, 0.1) is 36.6 Å². The van der Waals surface area contributed by atoms with Gasteiger partial charge in [-0.15, -0.1) is 0 Å². The fourth-order valence-electron chi connectivity index (χ4n) is 11.8. The van der Waals surface area contributed by atoms with Gasteiger partial charge in [0.25, 0.3) is 11.7 Å². The normalized spacial score (nSPS) is 40.0. The number of carbonyl (C=O) groups excluding carboxylic acids is 7. The summed E-state index contributed by atoms with van der Waals surface area (Å²) in [6, 6.07) is -1.23. The van der Waals surface area contributed by atoms with Gasteiger partial charge in [0.1, 0.15) is 24.0 Å². The largest absolute Gasteiger partial charge is 0.456 e. The van der Waals surface area contributed by atoms with E-state index in [-0.39, 0.29) is 43.4 Å². The molecule has 4 heterocycles. The summed E-state index contributed by atoms with van der Waals surface area (Å²) in [6.07, 6.45) is -3.75. The first-order valence-corrected chi connectivity index (χ1v) is 26.8. The highest BCUT2D eigenvalue weighted by Gasteiger charge is 2.57. The van der Waals surface area contributed by atoms with E-state index in [0.29, 0.717) is 56.9 Å². The van der Waals surface area contributed by atoms with Crippen LogP contribution in [0.4, 0.5) is 0 Å². The van der Waals surface area contributed by atoms with Crippen molar-refractivity contribution in [3.05, 3.63) is 23.3 Å². The number of methoxy groups -OCH3 is 3. The van der Waals surface area contributed by atoms with Crippen LogP contribution in [0.3, 0.4) is 0 Å². The highest BCUT2D eigenvalue weighted by atomic mass is 16.7. The second kappa shape index (κ2) is 27.4. The summed E-state index contributed by atoms with van der Waals surface area (Å²) in [7, 11) is 4.55. The summed E-state index contributed by atoms with van der Waals surface area (Å²) in [5, 5.41) is 24.1. The van der Waals surface area contributed by atoms with Crippen molar-refractivity contribution >= 4 is 41.4 Å². The smallest absolute Gasteiger partial charge is 0.329 e. The maximum Gasteiger partial charge on any atom is 0.329 e. The predicted molar refractivity (Wildman–Crippen MR) is 268 cm³/mol. The minimum absolute atomic E-state index is 0.0159. The van der Waals surface area contributed by atoms with Crippen LogP contribution in [0.25, 0.3) is 0 Å². The molecule has 20 heteroatoms. The molecule has 2 bridgehead atoms. The van der Waals surface area contributed by atoms with Crippen molar-refractivity contribution in [2.24, 2.45) is 29.6 Å². The van der Waals surface area contributed by atoms with E-state index in [0.717, 1.165) is 10.5 Å². The maximum absolute atomic E-state index is 14.7. The maximum atomic E-state index is 14.7. The molecule has 2 N–H and O–H groups in total. The molecule has 1 amide bonds. The van der Waals surface area contributed by atoms with E-state index < -0.39 is 139 Å². The third-order valence-electron chi connectivity index (χ3n) is 15.8. The highest BCUT2D eigenvalue weighted by molar-refractivity contribution is 6.39. The molecule has 20 nitrogen and oxygen atoms in total. The number of ketones is 2. The summed E-state index contributed by atoms with van der Waals surface area (Å²) < 4.78 is 59.7. The van der Waals surface area contributed by atoms with E-state index in [1.54, 1.807) is 27.7 Å². The molecule has 0 aromatic heterocycles. The molecule has 0 aromatic rings. The molecular weight excluding hydrogens is 979 g/mol. The third kappa shape index (κ3) is 15.3. The van der Waals surface area contributed by atoms with Gasteiger partial charge in [-0.05, 0) is 102 Å². The second-order valence-electron chi connectivity index (χ2n) is 21.7. The van der Waals surface area contributed by atoms with Crippen LogP contribution in [0.2, 0.25) is 0 Å².